The van der Waals surface area contributed by atoms with E-state index in [-0.39, 0.29) is 24.2 Å². The molecule has 0 amide bonds. The number of methoxy groups -OCH3 is 2. The molecule has 0 radical (unpaired) electrons. The first-order chi connectivity index (χ1) is 18.2. The zero-order chi connectivity index (χ0) is 26.8. The maximum atomic E-state index is 13.6. The first kappa shape index (κ1) is 24.6. The predicted octanol–water partition coefficient (Wildman–Crippen LogP) is 5.84. The van der Waals surface area contributed by atoms with Crippen LogP contribution in [0.4, 0.5) is 0 Å². The van der Waals surface area contributed by atoms with Gasteiger partial charge in [0.15, 0.2) is 11.5 Å². The Bertz CT molecular complexity index is 1420. The zero-order valence-electron chi connectivity index (χ0n) is 22.7. The fourth-order valence-electron chi connectivity index (χ4n) is 5.97. The zero-order valence-corrected chi connectivity index (χ0v) is 22.7. The molecule has 7 heteroatoms. The number of fused-ring (bicyclic) bond motifs is 3. The summed E-state index contributed by atoms with van der Waals surface area (Å²) in [7, 11) is 5.33. The lowest BCUT2D eigenvalue weighted by Crippen LogP contribution is -2.36. The van der Waals surface area contributed by atoms with Crippen LogP contribution in [0.3, 0.4) is 0 Å². The van der Waals surface area contributed by atoms with E-state index in [1.807, 2.05) is 18.2 Å². The van der Waals surface area contributed by atoms with E-state index in [0.29, 0.717) is 28.6 Å². The quantitative estimate of drug-likeness (QED) is 0.405. The SMILES string of the molecule is COc1ccc2c(c1-c1ccc(C(C)(C)C)cc1)C(=O)O[C@@H]2[C@H]1c2c(cc3c(c2OC)OCO3)CCN1C. The van der Waals surface area contributed by atoms with Crippen molar-refractivity contribution in [3.63, 3.8) is 0 Å². The number of rotatable bonds is 4. The standard InChI is InChI=1S/C31H33NO6/c1-31(2,3)19-9-7-17(8-10-19)23-21(34-5)12-11-20-25(23)30(33)38-27(20)26-24-18(13-14-32(26)4)15-22-28(29(24)35-6)37-16-36-22/h7-12,15,26-27H,13-14,16H2,1-6H3/t26-,27+/m1/s1. The number of cyclic esters (lactones) is 1. The van der Waals surface area contributed by atoms with Crippen LogP contribution in [0.5, 0.6) is 23.0 Å². The summed E-state index contributed by atoms with van der Waals surface area (Å²) in [5.74, 6) is 2.23. The van der Waals surface area contributed by atoms with Crippen molar-refractivity contribution in [1.82, 2.24) is 4.90 Å². The van der Waals surface area contributed by atoms with Gasteiger partial charge in [0.1, 0.15) is 11.9 Å². The summed E-state index contributed by atoms with van der Waals surface area (Å²) in [6.45, 7) is 7.52. The molecule has 3 aromatic rings. The third-order valence-corrected chi connectivity index (χ3v) is 7.94. The van der Waals surface area contributed by atoms with Crippen LogP contribution < -0.4 is 18.9 Å². The molecule has 0 unspecified atom stereocenters. The molecule has 3 heterocycles. The number of hydrogen-bond acceptors (Lipinski definition) is 7. The number of nitrogens with zero attached hydrogens (tertiary/aromatic N) is 1. The summed E-state index contributed by atoms with van der Waals surface area (Å²) in [6.07, 6.45) is 0.311. The molecule has 0 fully saturated rings. The normalized spacial score (nSPS) is 20.1. The molecule has 3 aliphatic heterocycles. The van der Waals surface area contributed by atoms with E-state index >= 15 is 0 Å². The van der Waals surface area contributed by atoms with Crippen molar-refractivity contribution in [1.29, 1.82) is 0 Å². The van der Waals surface area contributed by atoms with Gasteiger partial charge in [0.2, 0.25) is 12.5 Å². The van der Waals surface area contributed by atoms with Gasteiger partial charge in [-0.15, -0.1) is 0 Å². The van der Waals surface area contributed by atoms with Gasteiger partial charge < -0.3 is 23.7 Å². The first-order valence-electron chi connectivity index (χ1n) is 12.9. The van der Waals surface area contributed by atoms with Crippen molar-refractivity contribution < 1.29 is 28.5 Å². The number of carbonyl (C=O) groups is 1. The third kappa shape index (κ3) is 3.71. The Balaban J connectivity index is 1.50. The molecule has 6 rings (SSSR count). The van der Waals surface area contributed by atoms with Gasteiger partial charge in [-0.25, -0.2) is 4.79 Å². The molecule has 38 heavy (non-hydrogen) atoms. The average Bonchev–Trinajstić information content (AvgIpc) is 3.50. The Kier molecular flexibility index (Phi) is 5.80. The molecule has 0 N–H and O–H groups in total. The van der Waals surface area contributed by atoms with Crippen molar-refractivity contribution >= 4 is 5.97 Å². The van der Waals surface area contributed by atoms with E-state index < -0.39 is 6.10 Å². The van der Waals surface area contributed by atoms with Gasteiger partial charge in [0, 0.05) is 23.2 Å². The number of benzene rings is 3. The van der Waals surface area contributed by atoms with E-state index in [9.17, 15) is 4.79 Å². The predicted molar refractivity (Wildman–Crippen MR) is 143 cm³/mol. The van der Waals surface area contributed by atoms with Crippen molar-refractivity contribution in [2.45, 2.75) is 44.8 Å². The molecule has 0 saturated carbocycles. The minimum atomic E-state index is -0.519. The Labute approximate surface area is 223 Å². The van der Waals surface area contributed by atoms with Crippen molar-refractivity contribution in [2.24, 2.45) is 0 Å². The van der Waals surface area contributed by atoms with Crippen molar-refractivity contribution in [3.05, 3.63) is 70.3 Å². The van der Waals surface area contributed by atoms with Gasteiger partial charge >= 0.3 is 5.97 Å². The number of esters is 1. The maximum absolute atomic E-state index is 13.6. The summed E-state index contributed by atoms with van der Waals surface area (Å²) in [5.41, 5.74) is 6.41. The molecule has 3 aliphatic rings. The highest BCUT2D eigenvalue weighted by molar-refractivity contribution is 6.03. The number of hydrogen-bond donors (Lipinski definition) is 0. The molecule has 0 saturated heterocycles. The lowest BCUT2D eigenvalue weighted by Gasteiger charge is -2.38. The van der Waals surface area contributed by atoms with Crippen LogP contribution >= 0.6 is 0 Å². The molecule has 0 spiro atoms. The van der Waals surface area contributed by atoms with Gasteiger partial charge in [0.25, 0.3) is 0 Å². The molecule has 3 aromatic carbocycles. The van der Waals surface area contributed by atoms with Gasteiger partial charge in [-0.2, -0.15) is 0 Å². The fourth-order valence-corrected chi connectivity index (χ4v) is 5.97. The summed E-state index contributed by atoms with van der Waals surface area (Å²) < 4.78 is 29.3. The fraction of sp³-hybridized carbons (Fsp3) is 0.387. The summed E-state index contributed by atoms with van der Waals surface area (Å²) in [6, 6.07) is 14.0. The lowest BCUT2D eigenvalue weighted by molar-refractivity contribution is 0.00884. The smallest absolute Gasteiger partial charge is 0.340 e. The average molecular weight is 516 g/mol. The second-order valence-corrected chi connectivity index (χ2v) is 11.2. The molecule has 0 aliphatic carbocycles. The van der Waals surface area contributed by atoms with E-state index in [1.54, 1.807) is 14.2 Å². The van der Waals surface area contributed by atoms with Gasteiger partial charge in [-0.1, -0.05) is 51.1 Å². The summed E-state index contributed by atoms with van der Waals surface area (Å²) in [4.78, 5) is 15.8. The van der Waals surface area contributed by atoms with Crippen LogP contribution in [-0.4, -0.2) is 45.5 Å². The summed E-state index contributed by atoms with van der Waals surface area (Å²) >= 11 is 0. The molecule has 198 valence electrons. The second-order valence-electron chi connectivity index (χ2n) is 11.2. The minimum absolute atomic E-state index is 0.0260. The van der Waals surface area contributed by atoms with Crippen LogP contribution in [-0.2, 0) is 16.6 Å². The Morgan fingerprint density at radius 1 is 0.974 bits per heavy atom. The number of ether oxygens (including phenoxy) is 5. The maximum Gasteiger partial charge on any atom is 0.340 e. The molecule has 0 aromatic heterocycles. The largest absolute Gasteiger partial charge is 0.496 e. The molecule has 0 bridgehead atoms. The summed E-state index contributed by atoms with van der Waals surface area (Å²) in [5, 5.41) is 0. The van der Waals surface area contributed by atoms with Gasteiger partial charge in [-0.05, 0) is 47.7 Å². The van der Waals surface area contributed by atoms with Gasteiger partial charge in [0.05, 0.1) is 25.8 Å². The molecular formula is C31H33NO6. The van der Waals surface area contributed by atoms with E-state index in [1.165, 1.54) is 5.56 Å². The monoisotopic (exact) mass is 515 g/mol. The van der Waals surface area contributed by atoms with Crippen LogP contribution in [0, 0.1) is 0 Å². The van der Waals surface area contributed by atoms with Crippen LogP contribution in [0.15, 0.2) is 42.5 Å². The highest BCUT2D eigenvalue weighted by Gasteiger charge is 2.46. The minimum Gasteiger partial charge on any atom is -0.496 e. The molecular weight excluding hydrogens is 482 g/mol. The van der Waals surface area contributed by atoms with Crippen LogP contribution in [0.25, 0.3) is 11.1 Å². The van der Waals surface area contributed by atoms with E-state index in [0.717, 1.165) is 40.8 Å². The lowest BCUT2D eigenvalue weighted by atomic mass is 9.83. The van der Waals surface area contributed by atoms with Crippen LogP contribution in [0.1, 0.15) is 65.5 Å². The molecule has 7 nitrogen and oxygen atoms in total. The Hall–Kier alpha value is -3.71. The van der Waals surface area contributed by atoms with Crippen molar-refractivity contribution in [2.75, 3.05) is 34.6 Å². The van der Waals surface area contributed by atoms with E-state index in [2.05, 4.69) is 57.0 Å². The number of likely N-dealkylation sites (N-methyl/N-ethyl adjacent to an activating group) is 1. The van der Waals surface area contributed by atoms with Crippen molar-refractivity contribution in [3.8, 4) is 34.1 Å². The third-order valence-electron chi connectivity index (χ3n) is 7.94. The Morgan fingerprint density at radius 2 is 1.74 bits per heavy atom. The first-order valence-corrected chi connectivity index (χ1v) is 12.9. The highest BCUT2D eigenvalue weighted by atomic mass is 16.7. The van der Waals surface area contributed by atoms with Gasteiger partial charge in [-0.3, -0.25) is 4.90 Å². The molecule has 2 atom stereocenters. The van der Waals surface area contributed by atoms with E-state index in [4.69, 9.17) is 23.7 Å². The second kappa shape index (κ2) is 8.95. The number of carbonyl (C=O) groups excluding carboxylic acids is 1. The highest BCUT2D eigenvalue weighted by Crippen LogP contribution is 2.55. The topological polar surface area (TPSA) is 66.5 Å². The Morgan fingerprint density at radius 3 is 2.42 bits per heavy atom. The van der Waals surface area contributed by atoms with Crippen LogP contribution in [0.2, 0.25) is 0 Å².